The van der Waals surface area contributed by atoms with Crippen LogP contribution in [0.1, 0.15) is 41.6 Å². The lowest BCUT2D eigenvalue weighted by molar-refractivity contribution is -0.119. The standard InChI is InChI=1S/C23H26N2O2/c1-6-20(23(27)24-19-10-8-7-9-15(19)3)25-21(26)13-16(4)18-12-14(2)11-17(5)22(18)25/h7-13,20H,6H2,1-5H3,(H,24,27). The van der Waals surface area contributed by atoms with Crippen molar-refractivity contribution in [2.45, 2.75) is 47.1 Å². The van der Waals surface area contributed by atoms with Crippen LogP contribution in [0, 0.1) is 27.7 Å². The normalized spacial score (nSPS) is 12.2. The Morgan fingerprint density at radius 2 is 1.70 bits per heavy atom. The van der Waals surface area contributed by atoms with Gasteiger partial charge in [0.05, 0.1) is 5.52 Å². The van der Waals surface area contributed by atoms with Crippen molar-refractivity contribution in [1.29, 1.82) is 0 Å². The van der Waals surface area contributed by atoms with Crippen molar-refractivity contribution in [2.75, 3.05) is 5.32 Å². The van der Waals surface area contributed by atoms with Gasteiger partial charge in [0.2, 0.25) is 5.91 Å². The lowest BCUT2D eigenvalue weighted by Crippen LogP contribution is -2.33. The van der Waals surface area contributed by atoms with E-state index in [-0.39, 0.29) is 11.5 Å². The molecular formula is C23H26N2O2. The van der Waals surface area contributed by atoms with E-state index in [2.05, 4.69) is 17.4 Å². The van der Waals surface area contributed by atoms with Crippen molar-refractivity contribution < 1.29 is 4.79 Å². The first kappa shape index (κ1) is 18.9. The summed E-state index contributed by atoms with van der Waals surface area (Å²) in [5.41, 5.74) is 5.56. The van der Waals surface area contributed by atoms with E-state index >= 15 is 0 Å². The van der Waals surface area contributed by atoms with Crippen molar-refractivity contribution >= 4 is 22.5 Å². The van der Waals surface area contributed by atoms with Crippen LogP contribution >= 0.6 is 0 Å². The highest BCUT2D eigenvalue weighted by molar-refractivity contribution is 5.96. The third-order valence-electron chi connectivity index (χ3n) is 5.09. The highest BCUT2D eigenvalue weighted by Gasteiger charge is 2.23. The molecule has 3 rings (SSSR count). The van der Waals surface area contributed by atoms with E-state index in [0.717, 1.165) is 38.8 Å². The predicted molar refractivity (Wildman–Crippen MR) is 112 cm³/mol. The van der Waals surface area contributed by atoms with E-state index in [0.29, 0.717) is 6.42 Å². The monoisotopic (exact) mass is 362 g/mol. The maximum atomic E-state index is 13.1. The van der Waals surface area contributed by atoms with Gasteiger partial charge >= 0.3 is 0 Å². The summed E-state index contributed by atoms with van der Waals surface area (Å²) in [4.78, 5) is 26.0. The molecule has 0 aliphatic rings. The Morgan fingerprint density at radius 3 is 2.37 bits per heavy atom. The minimum atomic E-state index is -0.568. The zero-order valence-electron chi connectivity index (χ0n) is 16.6. The van der Waals surface area contributed by atoms with Gasteiger partial charge in [-0.25, -0.2) is 0 Å². The van der Waals surface area contributed by atoms with Crippen LogP contribution in [-0.2, 0) is 4.79 Å². The molecule has 2 aromatic carbocycles. The zero-order chi connectivity index (χ0) is 19.7. The molecule has 4 heteroatoms. The van der Waals surface area contributed by atoms with Gasteiger partial charge in [0.15, 0.2) is 0 Å². The van der Waals surface area contributed by atoms with E-state index in [1.165, 1.54) is 0 Å². The molecule has 1 aromatic heterocycles. The van der Waals surface area contributed by atoms with Gasteiger partial charge in [0.1, 0.15) is 6.04 Å². The maximum absolute atomic E-state index is 13.1. The van der Waals surface area contributed by atoms with E-state index < -0.39 is 6.04 Å². The predicted octanol–water partition coefficient (Wildman–Crippen LogP) is 4.82. The molecule has 0 bridgehead atoms. The first-order valence-electron chi connectivity index (χ1n) is 9.33. The summed E-state index contributed by atoms with van der Waals surface area (Å²) in [5.74, 6) is -0.168. The Morgan fingerprint density at radius 1 is 1.00 bits per heavy atom. The summed E-state index contributed by atoms with van der Waals surface area (Å²) in [6, 6.07) is 12.9. The molecule has 0 aliphatic heterocycles. The third kappa shape index (κ3) is 3.52. The molecule has 4 nitrogen and oxygen atoms in total. The summed E-state index contributed by atoms with van der Waals surface area (Å²) in [6.45, 7) is 9.88. The quantitative estimate of drug-likeness (QED) is 0.723. The average Bonchev–Trinajstić information content (AvgIpc) is 2.60. The minimum Gasteiger partial charge on any atom is -0.324 e. The number of aromatic nitrogens is 1. The molecule has 140 valence electrons. The smallest absolute Gasteiger partial charge is 0.252 e. The van der Waals surface area contributed by atoms with Crippen molar-refractivity contribution in [1.82, 2.24) is 4.57 Å². The molecule has 0 radical (unpaired) electrons. The Balaban J connectivity index is 2.16. The van der Waals surface area contributed by atoms with Gasteiger partial charge < -0.3 is 5.32 Å². The summed E-state index contributed by atoms with van der Waals surface area (Å²) in [7, 11) is 0. The number of para-hydroxylation sites is 1. The highest BCUT2D eigenvalue weighted by Crippen LogP contribution is 2.26. The molecule has 0 spiro atoms. The summed E-state index contributed by atoms with van der Waals surface area (Å²) >= 11 is 0. The van der Waals surface area contributed by atoms with Crippen LogP contribution in [0.2, 0.25) is 0 Å². The highest BCUT2D eigenvalue weighted by atomic mass is 16.2. The van der Waals surface area contributed by atoms with Crippen LogP contribution in [0.5, 0.6) is 0 Å². The van der Waals surface area contributed by atoms with Gasteiger partial charge in [-0.1, -0.05) is 36.8 Å². The lowest BCUT2D eigenvalue weighted by atomic mass is 10.0. The molecule has 1 heterocycles. The Kier molecular flexibility index (Phi) is 5.17. The molecule has 0 saturated heterocycles. The summed E-state index contributed by atoms with van der Waals surface area (Å²) < 4.78 is 1.66. The summed E-state index contributed by atoms with van der Waals surface area (Å²) in [5, 5.41) is 4.02. The molecule has 0 saturated carbocycles. The number of hydrogen-bond donors (Lipinski definition) is 1. The van der Waals surface area contributed by atoms with E-state index in [9.17, 15) is 9.59 Å². The van der Waals surface area contributed by atoms with Crippen LogP contribution in [-0.4, -0.2) is 10.5 Å². The first-order chi connectivity index (χ1) is 12.8. The number of nitrogens with one attached hydrogen (secondary N) is 1. The SMILES string of the molecule is CCC(C(=O)Nc1ccccc1C)n1c(=O)cc(C)c2cc(C)cc(C)c21. The number of carbonyl (C=O) groups is 1. The van der Waals surface area contributed by atoms with Crippen molar-refractivity contribution in [2.24, 2.45) is 0 Å². The van der Waals surface area contributed by atoms with Crippen LogP contribution in [0.3, 0.4) is 0 Å². The minimum absolute atomic E-state index is 0.140. The number of carbonyl (C=O) groups excluding carboxylic acids is 1. The van der Waals surface area contributed by atoms with Crippen molar-refractivity contribution in [3.05, 3.63) is 75.1 Å². The number of hydrogen-bond acceptors (Lipinski definition) is 2. The third-order valence-corrected chi connectivity index (χ3v) is 5.09. The van der Waals surface area contributed by atoms with Crippen LogP contribution in [0.4, 0.5) is 5.69 Å². The lowest BCUT2D eigenvalue weighted by Gasteiger charge is -2.23. The van der Waals surface area contributed by atoms with E-state index in [1.807, 2.05) is 58.9 Å². The largest absolute Gasteiger partial charge is 0.324 e. The zero-order valence-corrected chi connectivity index (χ0v) is 16.6. The van der Waals surface area contributed by atoms with Crippen molar-refractivity contribution in [3.8, 4) is 0 Å². The van der Waals surface area contributed by atoms with Crippen LogP contribution in [0.15, 0.2) is 47.3 Å². The van der Waals surface area contributed by atoms with Crippen LogP contribution < -0.4 is 10.9 Å². The van der Waals surface area contributed by atoms with Gasteiger partial charge in [-0.05, 0) is 62.9 Å². The van der Waals surface area contributed by atoms with Gasteiger partial charge in [-0.15, -0.1) is 0 Å². The molecule has 1 unspecified atom stereocenters. The Bertz CT molecular complexity index is 1080. The number of benzene rings is 2. The fourth-order valence-corrected chi connectivity index (χ4v) is 3.75. The van der Waals surface area contributed by atoms with Crippen LogP contribution in [0.25, 0.3) is 10.9 Å². The molecule has 1 N–H and O–H groups in total. The molecule has 1 atom stereocenters. The van der Waals surface area contributed by atoms with Gasteiger partial charge in [0, 0.05) is 17.1 Å². The molecule has 0 aliphatic carbocycles. The van der Waals surface area contributed by atoms with Gasteiger partial charge in [-0.3, -0.25) is 14.2 Å². The number of nitrogens with zero attached hydrogens (tertiary/aromatic N) is 1. The van der Waals surface area contributed by atoms with E-state index in [1.54, 1.807) is 10.6 Å². The number of fused-ring (bicyclic) bond motifs is 1. The maximum Gasteiger partial charge on any atom is 0.252 e. The van der Waals surface area contributed by atoms with Gasteiger partial charge in [0.25, 0.3) is 5.56 Å². The number of anilines is 1. The number of aryl methyl sites for hydroxylation is 4. The molecule has 0 fully saturated rings. The number of rotatable bonds is 4. The average molecular weight is 362 g/mol. The Hall–Kier alpha value is -2.88. The molecule has 1 amide bonds. The summed E-state index contributed by atoms with van der Waals surface area (Å²) in [6.07, 6.45) is 0.531. The van der Waals surface area contributed by atoms with Crippen molar-refractivity contribution in [3.63, 3.8) is 0 Å². The molecule has 27 heavy (non-hydrogen) atoms. The second kappa shape index (κ2) is 7.39. The first-order valence-corrected chi connectivity index (χ1v) is 9.33. The van der Waals surface area contributed by atoms with Gasteiger partial charge in [-0.2, -0.15) is 0 Å². The topological polar surface area (TPSA) is 51.1 Å². The second-order valence-electron chi connectivity index (χ2n) is 7.24. The fraction of sp³-hybridized carbons (Fsp3) is 0.304. The molecular weight excluding hydrogens is 336 g/mol. The number of amides is 1. The second-order valence-corrected chi connectivity index (χ2v) is 7.24. The number of pyridine rings is 1. The van der Waals surface area contributed by atoms with E-state index in [4.69, 9.17) is 0 Å². The molecule has 3 aromatic rings. The Labute approximate surface area is 159 Å². The fourth-order valence-electron chi connectivity index (χ4n) is 3.75.